The molecule has 218 valence electrons. The van der Waals surface area contributed by atoms with Gasteiger partial charge < -0.3 is 9.30 Å². The van der Waals surface area contributed by atoms with E-state index in [0.717, 1.165) is 18.7 Å². The van der Waals surface area contributed by atoms with Crippen molar-refractivity contribution >= 4 is 31.5 Å². The number of hydrogen-bond acceptors (Lipinski definition) is 7. The quantitative estimate of drug-likeness (QED) is 0.306. The minimum absolute atomic E-state index is 0.0189. The fourth-order valence-corrected chi connectivity index (χ4v) is 7.80. The number of aromatic nitrogens is 2. The Kier molecular flexibility index (Phi) is 10.1. The smallest absolute Gasteiger partial charge is 0.243 e. The molecular weight excluding hydrogens is 572 g/mol. The fraction of sp³-hybridized carbons (Fsp3) is 0.464. The predicted octanol–water partition coefficient (Wildman–Crippen LogP) is 4.00. The minimum Gasteiger partial charge on any atom is -0.379 e. The molecular formula is C28H37ClN4O5S2. The van der Waals surface area contributed by atoms with Gasteiger partial charge in [-0.1, -0.05) is 49.7 Å². The minimum atomic E-state index is -3.92. The number of nitrogens with zero attached hydrogens (tertiary/aromatic N) is 4. The van der Waals surface area contributed by atoms with Crippen LogP contribution < -0.4 is 0 Å². The van der Waals surface area contributed by atoms with Crippen LogP contribution in [0.15, 0.2) is 64.8 Å². The summed E-state index contributed by atoms with van der Waals surface area (Å²) < 4.78 is 63.3. The van der Waals surface area contributed by atoms with E-state index in [4.69, 9.17) is 16.3 Å². The van der Waals surface area contributed by atoms with Crippen LogP contribution in [0.25, 0.3) is 0 Å². The van der Waals surface area contributed by atoms with Gasteiger partial charge in [0.1, 0.15) is 0 Å². The molecule has 1 saturated heterocycles. The molecule has 12 heteroatoms. The molecule has 0 aliphatic carbocycles. The lowest BCUT2D eigenvalue weighted by Gasteiger charge is -2.30. The molecule has 1 aliphatic rings. The van der Waals surface area contributed by atoms with Gasteiger partial charge in [0.25, 0.3) is 0 Å². The monoisotopic (exact) mass is 608 g/mol. The van der Waals surface area contributed by atoms with Gasteiger partial charge in [0, 0.05) is 37.7 Å². The van der Waals surface area contributed by atoms with E-state index in [1.807, 2.05) is 39.0 Å². The van der Waals surface area contributed by atoms with E-state index in [9.17, 15) is 16.8 Å². The van der Waals surface area contributed by atoms with Crippen molar-refractivity contribution in [2.24, 2.45) is 5.92 Å². The first-order chi connectivity index (χ1) is 19.0. The summed E-state index contributed by atoms with van der Waals surface area (Å²) in [4.78, 5) is 6.64. The highest BCUT2D eigenvalue weighted by atomic mass is 35.5. The van der Waals surface area contributed by atoms with Crippen molar-refractivity contribution in [3.63, 3.8) is 0 Å². The summed E-state index contributed by atoms with van der Waals surface area (Å²) in [5, 5.41) is 0.397. The van der Waals surface area contributed by atoms with Crippen LogP contribution in [0.2, 0.25) is 5.02 Å². The highest BCUT2D eigenvalue weighted by Crippen LogP contribution is 2.25. The average molecular weight is 609 g/mol. The highest BCUT2D eigenvalue weighted by Gasteiger charge is 2.30. The summed E-state index contributed by atoms with van der Waals surface area (Å²) in [5.74, 6) is -0.0760. The summed E-state index contributed by atoms with van der Waals surface area (Å²) in [6.45, 7) is 9.62. The lowest BCUT2D eigenvalue weighted by molar-refractivity contribution is 0.0361. The Morgan fingerprint density at radius 2 is 1.70 bits per heavy atom. The Morgan fingerprint density at radius 3 is 2.35 bits per heavy atom. The van der Waals surface area contributed by atoms with Crippen LogP contribution in [0.5, 0.6) is 0 Å². The third-order valence-corrected chi connectivity index (χ3v) is 10.6. The molecule has 3 aromatic rings. The van der Waals surface area contributed by atoms with Crippen LogP contribution in [0.1, 0.15) is 30.7 Å². The number of aryl methyl sites for hydroxylation is 1. The van der Waals surface area contributed by atoms with Crippen LogP contribution in [0.4, 0.5) is 0 Å². The lowest BCUT2D eigenvalue weighted by atomic mass is 10.1. The Balaban J connectivity index is 1.69. The second kappa shape index (κ2) is 13.1. The van der Waals surface area contributed by atoms with Gasteiger partial charge in [0.05, 0.1) is 42.3 Å². The molecule has 0 bridgehead atoms. The van der Waals surface area contributed by atoms with Crippen molar-refractivity contribution in [2.75, 3.05) is 39.4 Å². The number of hydrogen-bond donors (Lipinski definition) is 0. The molecule has 9 nitrogen and oxygen atoms in total. The summed E-state index contributed by atoms with van der Waals surface area (Å²) in [7, 11) is -7.72. The average Bonchev–Trinajstić information content (AvgIpc) is 3.31. The molecule has 40 heavy (non-hydrogen) atoms. The number of benzene rings is 2. The zero-order valence-corrected chi connectivity index (χ0v) is 25.6. The van der Waals surface area contributed by atoms with Crippen LogP contribution in [-0.2, 0) is 43.4 Å². The van der Waals surface area contributed by atoms with Crippen molar-refractivity contribution in [1.29, 1.82) is 0 Å². The first-order valence-electron chi connectivity index (χ1n) is 13.3. The standard InChI is InChI=1S/C28H37ClN4O5S2/c1-22(2)19-33-26(18-30-28(33)39(34,35)21-24-7-5-4-6-23(24)3)20-32(13-12-31-14-16-38-17-15-31)40(36,37)27-10-8-25(29)9-11-27/h4-11,18,22H,12-17,19-21H2,1-3H3. The maximum Gasteiger partial charge on any atom is 0.243 e. The molecule has 2 aromatic carbocycles. The molecule has 0 unspecified atom stereocenters. The SMILES string of the molecule is Cc1ccccc1CS(=O)(=O)c1ncc(CN(CCN2CCOCC2)S(=O)(=O)c2ccc(Cl)cc2)n1CC(C)C. The molecule has 1 fully saturated rings. The Labute approximate surface area is 242 Å². The summed E-state index contributed by atoms with van der Waals surface area (Å²) in [5.41, 5.74) is 2.12. The van der Waals surface area contributed by atoms with Crippen molar-refractivity contribution in [2.45, 2.75) is 49.7 Å². The second-order valence-corrected chi connectivity index (χ2v) is 14.7. The van der Waals surface area contributed by atoms with E-state index in [0.29, 0.717) is 42.6 Å². The van der Waals surface area contributed by atoms with Crippen molar-refractivity contribution < 1.29 is 21.6 Å². The number of sulfonamides is 1. The van der Waals surface area contributed by atoms with Gasteiger partial charge in [-0.05, 0) is 48.2 Å². The molecule has 1 aliphatic heterocycles. The van der Waals surface area contributed by atoms with Crippen molar-refractivity contribution in [3.8, 4) is 0 Å². The van der Waals surface area contributed by atoms with E-state index in [1.54, 1.807) is 22.8 Å². The van der Waals surface area contributed by atoms with Crippen LogP contribution in [0.3, 0.4) is 0 Å². The molecule has 0 saturated carbocycles. The molecule has 2 heterocycles. The second-order valence-electron chi connectivity index (χ2n) is 10.5. The molecule has 1 aromatic heterocycles. The first kappa shape index (κ1) is 30.7. The lowest BCUT2D eigenvalue weighted by Crippen LogP contribution is -2.43. The van der Waals surface area contributed by atoms with Gasteiger partial charge in [-0.25, -0.2) is 21.8 Å². The zero-order chi connectivity index (χ0) is 28.9. The molecule has 0 atom stereocenters. The van der Waals surface area contributed by atoms with Crippen molar-refractivity contribution in [3.05, 3.63) is 76.6 Å². The molecule has 4 rings (SSSR count). The summed E-state index contributed by atoms with van der Waals surface area (Å²) in [6.07, 6.45) is 1.49. The van der Waals surface area contributed by atoms with E-state index in [2.05, 4.69) is 9.88 Å². The van der Waals surface area contributed by atoms with Crippen LogP contribution in [-0.4, -0.2) is 75.0 Å². The number of morpholine rings is 1. The number of halogens is 1. The number of sulfone groups is 1. The Bertz CT molecular complexity index is 1500. The summed E-state index contributed by atoms with van der Waals surface area (Å²) in [6, 6.07) is 13.4. The Morgan fingerprint density at radius 1 is 1.02 bits per heavy atom. The number of imidazole rings is 1. The van der Waals surface area contributed by atoms with E-state index in [-0.39, 0.29) is 34.8 Å². The number of rotatable bonds is 12. The van der Waals surface area contributed by atoms with Gasteiger partial charge >= 0.3 is 0 Å². The zero-order valence-electron chi connectivity index (χ0n) is 23.2. The van der Waals surface area contributed by atoms with Gasteiger partial charge in [0.15, 0.2) is 0 Å². The third-order valence-electron chi connectivity index (χ3n) is 6.89. The first-order valence-corrected chi connectivity index (χ1v) is 16.8. The van der Waals surface area contributed by atoms with E-state index < -0.39 is 19.9 Å². The number of ether oxygens (including phenoxy) is 1. The topological polar surface area (TPSA) is 102 Å². The van der Waals surface area contributed by atoms with E-state index >= 15 is 0 Å². The van der Waals surface area contributed by atoms with Crippen LogP contribution in [0, 0.1) is 12.8 Å². The molecule has 0 spiro atoms. The largest absolute Gasteiger partial charge is 0.379 e. The molecule has 0 amide bonds. The normalized spacial score (nSPS) is 15.2. The van der Waals surface area contributed by atoms with Crippen molar-refractivity contribution in [1.82, 2.24) is 18.8 Å². The van der Waals surface area contributed by atoms with Gasteiger partial charge in [-0.15, -0.1) is 0 Å². The predicted molar refractivity (Wildman–Crippen MR) is 155 cm³/mol. The molecule has 0 N–H and O–H groups in total. The summed E-state index contributed by atoms with van der Waals surface area (Å²) >= 11 is 6.02. The maximum absolute atomic E-state index is 13.8. The highest BCUT2D eigenvalue weighted by molar-refractivity contribution is 7.90. The van der Waals surface area contributed by atoms with Gasteiger partial charge in [0.2, 0.25) is 25.0 Å². The van der Waals surface area contributed by atoms with Gasteiger partial charge in [-0.2, -0.15) is 4.31 Å². The third kappa shape index (κ3) is 7.51. The molecule has 0 radical (unpaired) electrons. The van der Waals surface area contributed by atoms with Crippen LogP contribution >= 0.6 is 11.6 Å². The fourth-order valence-electron chi connectivity index (χ4n) is 4.67. The van der Waals surface area contributed by atoms with E-state index in [1.165, 1.54) is 22.6 Å². The Hall–Kier alpha value is -2.28. The van der Waals surface area contributed by atoms with Gasteiger partial charge in [-0.3, -0.25) is 4.90 Å². The maximum atomic E-state index is 13.8.